The number of ether oxygens (including phenoxy) is 2. The molecule has 3 aliphatic rings. The highest BCUT2D eigenvalue weighted by atomic mass is 16.5. The monoisotopic (exact) mass is 254 g/mol. The molecule has 1 unspecified atom stereocenters. The molecule has 3 fully saturated rings. The summed E-state index contributed by atoms with van der Waals surface area (Å²) in [6.07, 6.45) is 5.34. The van der Waals surface area contributed by atoms with Crippen LogP contribution >= 0.6 is 0 Å². The first-order valence-corrected chi connectivity index (χ1v) is 7.52. The van der Waals surface area contributed by atoms with Gasteiger partial charge in [0.2, 0.25) is 0 Å². The SMILES string of the molecule is C1CCN(CCN2CCOCC23CCOC3)CC1. The molecule has 3 aliphatic heterocycles. The minimum Gasteiger partial charge on any atom is -0.379 e. The van der Waals surface area contributed by atoms with E-state index >= 15 is 0 Å². The Morgan fingerprint density at radius 2 is 1.61 bits per heavy atom. The molecule has 3 rings (SSSR count). The van der Waals surface area contributed by atoms with Gasteiger partial charge in [-0.05, 0) is 32.4 Å². The van der Waals surface area contributed by atoms with Gasteiger partial charge in [0.1, 0.15) is 0 Å². The minimum absolute atomic E-state index is 0.202. The standard InChI is InChI=1S/C14H26N2O2/c1-2-5-15(6-3-1)7-8-16-9-11-18-13-14(16)4-10-17-12-14/h1-13H2. The Bertz CT molecular complexity index is 261. The maximum atomic E-state index is 5.69. The summed E-state index contributed by atoms with van der Waals surface area (Å²) in [5, 5.41) is 0. The fourth-order valence-electron chi connectivity index (χ4n) is 3.52. The van der Waals surface area contributed by atoms with Gasteiger partial charge in [-0.3, -0.25) is 4.90 Å². The molecule has 0 amide bonds. The van der Waals surface area contributed by atoms with E-state index in [2.05, 4.69) is 9.80 Å². The largest absolute Gasteiger partial charge is 0.379 e. The van der Waals surface area contributed by atoms with E-state index in [9.17, 15) is 0 Å². The van der Waals surface area contributed by atoms with Crippen molar-refractivity contribution >= 4 is 0 Å². The predicted molar refractivity (Wildman–Crippen MR) is 70.9 cm³/mol. The van der Waals surface area contributed by atoms with Crippen LogP contribution in [0, 0.1) is 0 Å². The van der Waals surface area contributed by atoms with Gasteiger partial charge in [0.05, 0.1) is 25.4 Å². The van der Waals surface area contributed by atoms with Crippen molar-refractivity contribution in [1.29, 1.82) is 0 Å². The number of nitrogens with zero attached hydrogens (tertiary/aromatic N) is 2. The van der Waals surface area contributed by atoms with Gasteiger partial charge in [-0.1, -0.05) is 6.42 Å². The van der Waals surface area contributed by atoms with Gasteiger partial charge in [0, 0.05) is 26.2 Å². The molecule has 0 aliphatic carbocycles. The van der Waals surface area contributed by atoms with Crippen LogP contribution in [0.2, 0.25) is 0 Å². The number of piperidine rings is 1. The zero-order valence-electron chi connectivity index (χ0n) is 11.4. The maximum absolute atomic E-state index is 5.69. The number of hydrogen-bond donors (Lipinski definition) is 0. The quantitative estimate of drug-likeness (QED) is 0.749. The molecule has 0 aromatic rings. The minimum atomic E-state index is 0.202. The van der Waals surface area contributed by atoms with E-state index in [1.165, 1.54) is 45.4 Å². The molecule has 4 nitrogen and oxygen atoms in total. The Hall–Kier alpha value is -0.160. The Morgan fingerprint density at radius 3 is 2.39 bits per heavy atom. The fraction of sp³-hybridized carbons (Fsp3) is 1.00. The van der Waals surface area contributed by atoms with Crippen molar-refractivity contribution in [1.82, 2.24) is 9.80 Å². The highest BCUT2D eigenvalue weighted by Crippen LogP contribution is 2.29. The van der Waals surface area contributed by atoms with Gasteiger partial charge in [-0.2, -0.15) is 0 Å². The number of hydrogen-bond acceptors (Lipinski definition) is 4. The molecule has 0 saturated carbocycles. The molecular formula is C14H26N2O2. The zero-order valence-corrected chi connectivity index (χ0v) is 11.4. The maximum Gasteiger partial charge on any atom is 0.0701 e. The van der Waals surface area contributed by atoms with Gasteiger partial charge in [-0.25, -0.2) is 0 Å². The number of rotatable bonds is 3. The van der Waals surface area contributed by atoms with Gasteiger partial charge in [-0.15, -0.1) is 0 Å². The Balaban J connectivity index is 1.53. The van der Waals surface area contributed by atoms with Crippen molar-refractivity contribution in [3.8, 4) is 0 Å². The molecule has 1 atom stereocenters. The van der Waals surface area contributed by atoms with Gasteiger partial charge >= 0.3 is 0 Å². The van der Waals surface area contributed by atoms with E-state index < -0.39 is 0 Å². The molecule has 0 N–H and O–H groups in total. The second-order valence-corrected chi connectivity index (χ2v) is 5.97. The van der Waals surface area contributed by atoms with E-state index in [4.69, 9.17) is 9.47 Å². The third-order valence-corrected chi connectivity index (χ3v) is 4.76. The molecule has 0 aromatic carbocycles. The lowest BCUT2D eigenvalue weighted by molar-refractivity contribution is -0.0733. The average Bonchev–Trinajstić information content (AvgIpc) is 2.88. The van der Waals surface area contributed by atoms with Crippen LogP contribution in [0.4, 0.5) is 0 Å². The third kappa shape index (κ3) is 2.72. The molecule has 4 heteroatoms. The Morgan fingerprint density at radius 1 is 0.833 bits per heavy atom. The van der Waals surface area contributed by atoms with Gasteiger partial charge < -0.3 is 14.4 Å². The van der Waals surface area contributed by atoms with Crippen LogP contribution in [0.3, 0.4) is 0 Å². The summed E-state index contributed by atoms with van der Waals surface area (Å²) in [6, 6.07) is 0. The van der Waals surface area contributed by atoms with Gasteiger partial charge in [0.25, 0.3) is 0 Å². The molecule has 0 bridgehead atoms. The molecule has 104 valence electrons. The first kappa shape index (κ1) is 12.9. The topological polar surface area (TPSA) is 24.9 Å². The van der Waals surface area contributed by atoms with Crippen LogP contribution in [0.1, 0.15) is 25.7 Å². The van der Waals surface area contributed by atoms with Crippen LogP contribution < -0.4 is 0 Å². The van der Waals surface area contributed by atoms with Crippen molar-refractivity contribution in [2.45, 2.75) is 31.2 Å². The molecular weight excluding hydrogens is 228 g/mol. The zero-order chi connectivity index (χ0) is 12.3. The predicted octanol–water partition coefficient (Wildman–Crippen LogP) is 0.964. The van der Waals surface area contributed by atoms with Crippen LogP contribution in [0.5, 0.6) is 0 Å². The van der Waals surface area contributed by atoms with Crippen molar-refractivity contribution in [2.24, 2.45) is 0 Å². The summed E-state index contributed by atoms with van der Waals surface area (Å²) in [5.74, 6) is 0. The van der Waals surface area contributed by atoms with Crippen molar-refractivity contribution in [3.63, 3.8) is 0 Å². The molecule has 3 heterocycles. The summed E-state index contributed by atoms with van der Waals surface area (Å²) in [7, 11) is 0. The molecule has 1 spiro atoms. The highest BCUT2D eigenvalue weighted by molar-refractivity contribution is 4.96. The summed E-state index contributed by atoms with van der Waals surface area (Å²) in [5.41, 5.74) is 0.202. The first-order valence-electron chi connectivity index (χ1n) is 7.52. The fourth-order valence-corrected chi connectivity index (χ4v) is 3.52. The van der Waals surface area contributed by atoms with E-state index in [0.717, 1.165) is 39.4 Å². The molecule has 0 radical (unpaired) electrons. The second kappa shape index (κ2) is 5.87. The van der Waals surface area contributed by atoms with Gasteiger partial charge in [0.15, 0.2) is 0 Å². The highest BCUT2D eigenvalue weighted by Gasteiger charge is 2.42. The third-order valence-electron chi connectivity index (χ3n) is 4.76. The van der Waals surface area contributed by atoms with Crippen LogP contribution in [0.15, 0.2) is 0 Å². The average molecular weight is 254 g/mol. The number of morpholine rings is 1. The second-order valence-electron chi connectivity index (χ2n) is 5.97. The van der Waals surface area contributed by atoms with E-state index in [-0.39, 0.29) is 5.54 Å². The van der Waals surface area contributed by atoms with Crippen LogP contribution in [0.25, 0.3) is 0 Å². The van der Waals surface area contributed by atoms with Crippen molar-refractivity contribution in [3.05, 3.63) is 0 Å². The van der Waals surface area contributed by atoms with E-state index in [1.54, 1.807) is 0 Å². The molecule has 18 heavy (non-hydrogen) atoms. The number of likely N-dealkylation sites (tertiary alicyclic amines) is 1. The molecule has 0 aromatic heterocycles. The van der Waals surface area contributed by atoms with Crippen LogP contribution in [-0.2, 0) is 9.47 Å². The Labute approximate surface area is 110 Å². The lowest BCUT2D eigenvalue weighted by atomic mass is 9.96. The smallest absolute Gasteiger partial charge is 0.0701 e. The Kier molecular flexibility index (Phi) is 4.19. The summed E-state index contributed by atoms with van der Waals surface area (Å²) < 4.78 is 11.3. The lowest BCUT2D eigenvalue weighted by Gasteiger charge is -2.44. The van der Waals surface area contributed by atoms with E-state index in [0.29, 0.717) is 0 Å². The van der Waals surface area contributed by atoms with Crippen molar-refractivity contribution in [2.75, 3.05) is 59.2 Å². The summed E-state index contributed by atoms with van der Waals surface area (Å²) in [6.45, 7) is 9.62. The van der Waals surface area contributed by atoms with Crippen molar-refractivity contribution < 1.29 is 9.47 Å². The van der Waals surface area contributed by atoms with E-state index in [1.807, 2.05) is 0 Å². The van der Waals surface area contributed by atoms with Crippen LogP contribution in [-0.4, -0.2) is 74.5 Å². The lowest BCUT2D eigenvalue weighted by Crippen LogP contribution is -2.59. The molecule has 3 saturated heterocycles. The normalized spacial score (nSPS) is 35.3. The summed E-state index contributed by atoms with van der Waals surface area (Å²) in [4.78, 5) is 5.26. The summed E-state index contributed by atoms with van der Waals surface area (Å²) >= 11 is 0. The first-order chi connectivity index (χ1) is 8.89.